The molecule has 2 aromatic rings. The van der Waals surface area contributed by atoms with E-state index < -0.39 is 0 Å². The molecule has 0 N–H and O–H groups in total. The van der Waals surface area contributed by atoms with Crippen LogP contribution in [-0.2, 0) is 6.42 Å². The van der Waals surface area contributed by atoms with Crippen LogP contribution in [0, 0.1) is 0 Å². The van der Waals surface area contributed by atoms with E-state index in [9.17, 15) is 0 Å². The predicted octanol–water partition coefficient (Wildman–Crippen LogP) is 2.14. The lowest BCUT2D eigenvalue weighted by Crippen LogP contribution is -1.98. The van der Waals surface area contributed by atoms with Crippen molar-refractivity contribution in [3.63, 3.8) is 0 Å². The Balaban J connectivity index is 2.06. The molecule has 0 unspecified atom stereocenters. The van der Waals surface area contributed by atoms with Crippen molar-refractivity contribution < 1.29 is 9.47 Å². The SMILES string of the molecule is COc1nc(Cl)nc(-c2ccc3c(c2)CCO3)n1. The van der Waals surface area contributed by atoms with Gasteiger partial charge in [-0.2, -0.15) is 15.0 Å². The van der Waals surface area contributed by atoms with Crippen LogP contribution < -0.4 is 9.47 Å². The van der Waals surface area contributed by atoms with Crippen LogP contribution in [0.1, 0.15) is 5.56 Å². The Kier molecular flexibility index (Phi) is 2.76. The number of hydrogen-bond acceptors (Lipinski definition) is 5. The molecule has 0 saturated heterocycles. The van der Waals surface area contributed by atoms with Crippen molar-refractivity contribution in [1.82, 2.24) is 15.0 Å². The van der Waals surface area contributed by atoms with E-state index in [0.29, 0.717) is 5.82 Å². The second kappa shape index (κ2) is 4.42. The molecule has 18 heavy (non-hydrogen) atoms. The number of methoxy groups -OCH3 is 1. The van der Waals surface area contributed by atoms with E-state index in [2.05, 4.69) is 15.0 Å². The lowest BCUT2D eigenvalue weighted by Gasteiger charge is -2.04. The van der Waals surface area contributed by atoms with Gasteiger partial charge in [0.25, 0.3) is 0 Å². The predicted molar refractivity (Wildman–Crippen MR) is 66.0 cm³/mol. The van der Waals surface area contributed by atoms with Gasteiger partial charge < -0.3 is 9.47 Å². The van der Waals surface area contributed by atoms with Gasteiger partial charge in [0.1, 0.15) is 5.75 Å². The van der Waals surface area contributed by atoms with Gasteiger partial charge in [-0.15, -0.1) is 0 Å². The number of fused-ring (bicyclic) bond motifs is 1. The summed E-state index contributed by atoms with van der Waals surface area (Å²) in [5.41, 5.74) is 2.03. The van der Waals surface area contributed by atoms with Crippen molar-refractivity contribution in [2.75, 3.05) is 13.7 Å². The number of rotatable bonds is 2. The van der Waals surface area contributed by atoms with Crippen molar-refractivity contribution in [2.45, 2.75) is 6.42 Å². The fourth-order valence-electron chi connectivity index (χ4n) is 1.88. The van der Waals surface area contributed by atoms with Crippen molar-refractivity contribution >= 4 is 11.6 Å². The van der Waals surface area contributed by atoms with Crippen LogP contribution in [0.4, 0.5) is 0 Å². The lowest BCUT2D eigenvalue weighted by molar-refractivity contribution is 0.357. The highest BCUT2D eigenvalue weighted by Crippen LogP contribution is 2.29. The van der Waals surface area contributed by atoms with Gasteiger partial charge in [-0.3, -0.25) is 0 Å². The molecule has 3 rings (SSSR count). The van der Waals surface area contributed by atoms with Crippen molar-refractivity contribution in [3.8, 4) is 23.1 Å². The highest BCUT2D eigenvalue weighted by Gasteiger charge is 2.14. The molecule has 1 aromatic carbocycles. The average Bonchev–Trinajstić information content (AvgIpc) is 2.85. The van der Waals surface area contributed by atoms with E-state index in [-0.39, 0.29) is 11.3 Å². The molecule has 0 saturated carbocycles. The summed E-state index contributed by atoms with van der Waals surface area (Å²) in [7, 11) is 1.49. The lowest BCUT2D eigenvalue weighted by atomic mass is 10.1. The first kappa shape index (κ1) is 11.2. The van der Waals surface area contributed by atoms with Gasteiger partial charge >= 0.3 is 6.01 Å². The van der Waals surface area contributed by atoms with Crippen LogP contribution in [0.5, 0.6) is 11.8 Å². The molecule has 1 aromatic heterocycles. The number of hydrogen-bond donors (Lipinski definition) is 0. The number of aromatic nitrogens is 3. The van der Waals surface area contributed by atoms with Gasteiger partial charge in [0, 0.05) is 12.0 Å². The third-order valence-electron chi connectivity index (χ3n) is 2.72. The molecule has 0 atom stereocenters. The molecule has 1 aliphatic rings. The number of halogens is 1. The summed E-state index contributed by atoms with van der Waals surface area (Å²) in [6.45, 7) is 0.722. The first-order chi connectivity index (χ1) is 8.76. The quantitative estimate of drug-likeness (QED) is 0.831. The summed E-state index contributed by atoms with van der Waals surface area (Å²) in [5.74, 6) is 1.42. The van der Waals surface area contributed by atoms with Crippen molar-refractivity contribution in [3.05, 3.63) is 29.0 Å². The Labute approximate surface area is 109 Å². The Hall–Kier alpha value is -1.88. The maximum absolute atomic E-state index is 5.83. The third-order valence-corrected chi connectivity index (χ3v) is 2.89. The summed E-state index contributed by atoms with van der Waals surface area (Å²) >= 11 is 5.83. The zero-order valence-electron chi connectivity index (χ0n) is 9.68. The monoisotopic (exact) mass is 263 g/mol. The van der Waals surface area contributed by atoms with E-state index in [1.165, 1.54) is 7.11 Å². The minimum Gasteiger partial charge on any atom is -0.493 e. The van der Waals surface area contributed by atoms with Crippen LogP contribution in [0.15, 0.2) is 18.2 Å². The first-order valence-corrected chi connectivity index (χ1v) is 5.86. The molecule has 5 nitrogen and oxygen atoms in total. The minimum atomic E-state index is 0.119. The Morgan fingerprint density at radius 3 is 3.00 bits per heavy atom. The largest absolute Gasteiger partial charge is 0.493 e. The van der Waals surface area contributed by atoms with Crippen LogP contribution in [0.25, 0.3) is 11.4 Å². The number of benzene rings is 1. The molecule has 2 heterocycles. The summed E-state index contributed by atoms with van der Waals surface area (Å²) < 4.78 is 10.4. The average molecular weight is 264 g/mol. The standard InChI is InChI=1S/C12H10ClN3O2/c1-17-12-15-10(14-11(13)16-12)8-2-3-9-7(6-8)4-5-18-9/h2-3,6H,4-5H2,1H3. The second-order valence-corrected chi connectivity index (χ2v) is 4.17. The molecule has 0 spiro atoms. The molecule has 6 heteroatoms. The normalized spacial score (nSPS) is 13.0. The van der Waals surface area contributed by atoms with Crippen LogP contribution in [0.3, 0.4) is 0 Å². The summed E-state index contributed by atoms with van der Waals surface area (Å²) in [4.78, 5) is 12.1. The van der Waals surface area contributed by atoms with E-state index in [1.807, 2.05) is 18.2 Å². The van der Waals surface area contributed by atoms with Gasteiger partial charge in [0.15, 0.2) is 5.82 Å². The molecule has 0 amide bonds. The maximum Gasteiger partial charge on any atom is 0.321 e. The maximum atomic E-state index is 5.83. The van der Waals surface area contributed by atoms with E-state index in [1.54, 1.807) is 0 Å². The second-order valence-electron chi connectivity index (χ2n) is 3.84. The fourth-order valence-corrected chi connectivity index (χ4v) is 2.03. The highest BCUT2D eigenvalue weighted by atomic mass is 35.5. The van der Waals surface area contributed by atoms with Crippen LogP contribution in [0.2, 0.25) is 5.28 Å². The van der Waals surface area contributed by atoms with E-state index >= 15 is 0 Å². The molecular formula is C12H10ClN3O2. The van der Waals surface area contributed by atoms with Gasteiger partial charge in [0.2, 0.25) is 5.28 Å². The minimum absolute atomic E-state index is 0.119. The smallest absolute Gasteiger partial charge is 0.321 e. The summed E-state index contributed by atoms with van der Waals surface area (Å²) in [6, 6.07) is 6.03. The van der Waals surface area contributed by atoms with Crippen molar-refractivity contribution in [1.29, 1.82) is 0 Å². The molecule has 0 radical (unpaired) electrons. The topological polar surface area (TPSA) is 57.1 Å². The third kappa shape index (κ3) is 1.97. The molecule has 0 fully saturated rings. The number of nitrogens with zero attached hydrogens (tertiary/aromatic N) is 3. The molecular weight excluding hydrogens is 254 g/mol. The van der Waals surface area contributed by atoms with Gasteiger partial charge in [-0.05, 0) is 35.4 Å². The van der Waals surface area contributed by atoms with Crippen LogP contribution >= 0.6 is 11.6 Å². The Morgan fingerprint density at radius 2 is 2.17 bits per heavy atom. The van der Waals surface area contributed by atoms with Gasteiger partial charge in [-0.1, -0.05) is 0 Å². The van der Waals surface area contributed by atoms with Gasteiger partial charge in [-0.25, -0.2) is 0 Å². The molecule has 0 bridgehead atoms. The summed E-state index contributed by atoms with van der Waals surface area (Å²) in [5, 5.41) is 0.119. The molecule has 1 aliphatic heterocycles. The first-order valence-electron chi connectivity index (χ1n) is 5.48. The Morgan fingerprint density at radius 1 is 1.28 bits per heavy atom. The Bertz CT molecular complexity index is 604. The zero-order chi connectivity index (χ0) is 12.5. The van der Waals surface area contributed by atoms with E-state index in [4.69, 9.17) is 21.1 Å². The molecule has 0 aliphatic carbocycles. The summed E-state index contributed by atoms with van der Waals surface area (Å²) in [6.07, 6.45) is 0.902. The number of ether oxygens (including phenoxy) is 2. The van der Waals surface area contributed by atoms with Crippen LogP contribution in [-0.4, -0.2) is 28.7 Å². The molecule has 92 valence electrons. The van der Waals surface area contributed by atoms with Crippen molar-refractivity contribution in [2.24, 2.45) is 0 Å². The highest BCUT2D eigenvalue weighted by molar-refractivity contribution is 6.28. The van der Waals surface area contributed by atoms with Gasteiger partial charge in [0.05, 0.1) is 13.7 Å². The van der Waals surface area contributed by atoms with E-state index in [0.717, 1.165) is 29.9 Å². The fraction of sp³-hybridized carbons (Fsp3) is 0.250. The zero-order valence-corrected chi connectivity index (χ0v) is 10.4.